The van der Waals surface area contributed by atoms with Gasteiger partial charge in [-0.15, -0.1) is 0 Å². The van der Waals surface area contributed by atoms with Gasteiger partial charge in [-0.3, -0.25) is 0 Å². The molecule has 1 aromatic heterocycles. The van der Waals surface area contributed by atoms with Crippen molar-refractivity contribution >= 4 is 11.7 Å². The normalized spacial score (nSPS) is 10.0. The predicted molar refractivity (Wildman–Crippen MR) is 69.0 cm³/mol. The van der Waals surface area contributed by atoms with E-state index in [9.17, 15) is 4.79 Å². The molecule has 0 radical (unpaired) electrons. The Hall–Kier alpha value is -2.63. The Bertz CT molecular complexity index is 614. The number of anilines is 1. The van der Waals surface area contributed by atoms with Gasteiger partial charge in [0.15, 0.2) is 5.75 Å². The molecule has 0 aliphatic heterocycles. The molecule has 2 rings (SSSR count). The van der Waals surface area contributed by atoms with Crippen LogP contribution in [0, 0.1) is 6.92 Å². The van der Waals surface area contributed by atoms with E-state index in [1.54, 1.807) is 12.1 Å². The van der Waals surface area contributed by atoms with Gasteiger partial charge in [0.2, 0.25) is 11.7 Å². The van der Waals surface area contributed by atoms with Gasteiger partial charge in [0.05, 0.1) is 12.8 Å². The Morgan fingerprint density at radius 1 is 1.32 bits per heavy atom. The number of methoxy groups -OCH3 is 1. The van der Waals surface area contributed by atoms with Crippen molar-refractivity contribution in [3.63, 3.8) is 0 Å². The van der Waals surface area contributed by atoms with Crippen molar-refractivity contribution in [3.05, 3.63) is 41.9 Å². The van der Waals surface area contributed by atoms with E-state index >= 15 is 0 Å². The van der Waals surface area contributed by atoms with E-state index in [1.165, 1.54) is 19.4 Å². The molecular formula is C13H13N3O3. The number of esters is 1. The van der Waals surface area contributed by atoms with Gasteiger partial charge in [0.1, 0.15) is 0 Å². The van der Waals surface area contributed by atoms with Crippen LogP contribution in [0.2, 0.25) is 0 Å². The van der Waals surface area contributed by atoms with Crippen molar-refractivity contribution in [2.45, 2.75) is 6.92 Å². The molecule has 0 fully saturated rings. The third-order valence-corrected chi connectivity index (χ3v) is 2.38. The van der Waals surface area contributed by atoms with Crippen LogP contribution in [0.25, 0.3) is 0 Å². The number of carbonyl (C=O) groups is 1. The zero-order chi connectivity index (χ0) is 13.8. The average Bonchev–Trinajstić information content (AvgIpc) is 2.41. The lowest BCUT2D eigenvalue weighted by molar-refractivity contribution is 0.0585. The van der Waals surface area contributed by atoms with Gasteiger partial charge in [0.25, 0.3) is 0 Å². The van der Waals surface area contributed by atoms with Crippen LogP contribution in [-0.2, 0) is 4.74 Å². The highest BCUT2D eigenvalue weighted by molar-refractivity contribution is 5.85. The molecule has 1 aromatic carbocycles. The summed E-state index contributed by atoms with van der Waals surface area (Å²) >= 11 is 0. The number of hydrogen-bond acceptors (Lipinski definition) is 6. The highest BCUT2D eigenvalue weighted by Gasteiger charge is 2.11. The van der Waals surface area contributed by atoms with Crippen molar-refractivity contribution < 1.29 is 14.3 Å². The van der Waals surface area contributed by atoms with E-state index < -0.39 is 5.97 Å². The maximum Gasteiger partial charge on any atom is 0.376 e. The minimum absolute atomic E-state index is 0.0642. The maximum atomic E-state index is 11.3. The molecule has 98 valence electrons. The Labute approximate surface area is 110 Å². The van der Waals surface area contributed by atoms with Crippen molar-refractivity contribution in [2.75, 3.05) is 12.8 Å². The Balaban J connectivity index is 2.26. The molecule has 0 saturated carbocycles. The van der Waals surface area contributed by atoms with E-state index in [0.717, 1.165) is 5.56 Å². The molecule has 0 unspecified atom stereocenters. The third-order valence-electron chi connectivity index (χ3n) is 2.38. The second-order valence-electron chi connectivity index (χ2n) is 3.85. The molecule has 6 nitrogen and oxygen atoms in total. The number of hydrogen-bond donors (Lipinski definition) is 1. The minimum Gasteiger partial charge on any atom is -0.463 e. The molecule has 0 bridgehead atoms. The van der Waals surface area contributed by atoms with E-state index in [4.69, 9.17) is 10.5 Å². The van der Waals surface area contributed by atoms with E-state index in [-0.39, 0.29) is 11.7 Å². The molecule has 19 heavy (non-hydrogen) atoms. The number of aromatic nitrogens is 2. The van der Waals surface area contributed by atoms with Gasteiger partial charge in [-0.1, -0.05) is 6.07 Å². The number of carbonyl (C=O) groups excluding carboxylic acids is 1. The summed E-state index contributed by atoms with van der Waals surface area (Å²) in [5.41, 5.74) is 7.36. The van der Waals surface area contributed by atoms with Gasteiger partial charge in [-0.2, -0.15) is 4.98 Å². The lowest BCUT2D eigenvalue weighted by Gasteiger charge is -2.08. The Morgan fingerprint density at radius 2 is 2.11 bits per heavy atom. The number of ether oxygens (including phenoxy) is 2. The largest absolute Gasteiger partial charge is 0.463 e. The number of nitrogen functional groups attached to an aromatic ring is 1. The summed E-state index contributed by atoms with van der Waals surface area (Å²) in [6.07, 6.45) is 1.42. The highest BCUT2D eigenvalue weighted by Crippen LogP contribution is 2.26. The van der Waals surface area contributed by atoms with E-state index in [1.807, 2.05) is 13.0 Å². The maximum absolute atomic E-state index is 11.3. The van der Waals surface area contributed by atoms with E-state index in [2.05, 4.69) is 14.7 Å². The van der Waals surface area contributed by atoms with Gasteiger partial charge in [0, 0.05) is 12.3 Å². The lowest BCUT2D eigenvalue weighted by Crippen LogP contribution is -2.07. The van der Waals surface area contributed by atoms with Crippen LogP contribution >= 0.6 is 0 Å². The summed E-state index contributed by atoms with van der Waals surface area (Å²) in [6, 6.07) is 6.93. The van der Waals surface area contributed by atoms with Gasteiger partial charge < -0.3 is 15.2 Å². The standard InChI is InChI=1S/C13H13N3O3/c1-8-3-4-10(9(14)7-8)19-11-5-6-15-12(16-11)13(17)18-2/h3-7H,14H2,1-2H3. The fraction of sp³-hybridized carbons (Fsp3) is 0.154. The molecule has 0 amide bonds. The molecule has 0 atom stereocenters. The van der Waals surface area contributed by atoms with Crippen LogP contribution in [0.1, 0.15) is 16.2 Å². The smallest absolute Gasteiger partial charge is 0.376 e. The molecule has 0 aliphatic carbocycles. The first kappa shape index (κ1) is 12.8. The summed E-state index contributed by atoms with van der Waals surface area (Å²) in [7, 11) is 1.26. The summed E-state index contributed by atoms with van der Waals surface area (Å²) in [5, 5.41) is 0. The predicted octanol–water partition coefficient (Wildman–Crippen LogP) is 1.95. The van der Waals surface area contributed by atoms with Crippen molar-refractivity contribution in [1.29, 1.82) is 0 Å². The number of aryl methyl sites for hydroxylation is 1. The molecule has 2 N–H and O–H groups in total. The lowest BCUT2D eigenvalue weighted by atomic mass is 10.2. The summed E-state index contributed by atoms with van der Waals surface area (Å²) in [5.74, 6) is 0.0130. The minimum atomic E-state index is -0.623. The molecule has 2 aromatic rings. The average molecular weight is 259 g/mol. The SMILES string of the molecule is COC(=O)c1nccc(Oc2ccc(C)cc2N)n1. The molecule has 1 heterocycles. The number of nitrogens with two attached hydrogens (primary N) is 1. The van der Waals surface area contributed by atoms with E-state index in [0.29, 0.717) is 11.4 Å². The second kappa shape index (κ2) is 5.34. The highest BCUT2D eigenvalue weighted by atomic mass is 16.5. The zero-order valence-electron chi connectivity index (χ0n) is 10.6. The zero-order valence-corrected chi connectivity index (χ0v) is 10.6. The Morgan fingerprint density at radius 3 is 2.79 bits per heavy atom. The topological polar surface area (TPSA) is 87.3 Å². The van der Waals surface area contributed by atoms with Crippen LogP contribution in [0.5, 0.6) is 11.6 Å². The van der Waals surface area contributed by atoms with Gasteiger partial charge >= 0.3 is 5.97 Å². The number of nitrogens with zero attached hydrogens (tertiary/aromatic N) is 2. The summed E-state index contributed by atoms with van der Waals surface area (Å²) < 4.78 is 10.1. The van der Waals surface area contributed by atoms with Crippen LogP contribution < -0.4 is 10.5 Å². The fourth-order valence-electron chi connectivity index (χ4n) is 1.46. The molecular weight excluding hydrogens is 246 g/mol. The number of rotatable bonds is 3. The van der Waals surface area contributed by atoms with Crippen LogP contribution in [0.15, 0.2) is 30.5 Å². The molecule has 0 saturated heterocycles. The first-order valence-corrected chi connectivity index (χ1v) is 5.55. The van der Waals surface area contributed by atoms with Crippen molar-refractivity contribution in [3.8, 4) is 11.6 Å². The van der Waals surface area contributed by atoms with Crippen LogP contribution in [-0.4, -0.2) is 23.0 Å². The fourth-order valence-corrected chi connectivity index (χ4v) is 1.46. The first-order chi connectivity index (χ1) is 9.10. The molecule has 6 heteroatoms. The van der Waals surface area contributed by atoms with Gasteiger partial charge in [-0.25, -0.2) is 9.78 Å². The third kappa shape index (κ3) is 2.98. The monoisotopic (exact) mass is 259 g/mol. The van der Waals surface area contributed by atoms with Crippen molar-refractivity contribution in [1.82, 2.24) is 9.97 Å². The first-order valence-electron chi connectivity index (χ1n) is 5.55. The van der Waals surface area contributed by atoms with Crippen molar-refractivity contribution in [2.24, 2.45) is 0 Å². The van der Waals surface area contributed by atoms with Gasteiger partial charge in [-0.05, 0) is 24.6 Å². The molecule has 0 aliphatic rings. The quantitative estimate of drug-likeness (QED) is 0.669. The molecule has 0 spiro atoms. The Kier molecular flexibility index (Phi) is 3.61. The number of benzene rings is 1. The second-order valence-corrected chi connectivity index (χ2v) is 3.85. The summed E-state index contributed by atoms with van der Waals surface area (Å²) in [6.45, 7) is 1.93. The summed E-state index contributed by atoms with van der Waals surface area (Å²) in [4.78, 5) is 19.0. The van der Waals surface area contributed by atoms with Crippen LogP contribution in [0.4, 0.5) is 5.69 Å². The van der Waals surface area contributed by atoms with Crippen LogP contribution in [0.3, 0.4) is 0 Å².